The zero-order valence-electron chi connectivity index (χ0n) is 16.7. The Morgan fingerprint density at radius 1 is 1.21 bits per heavy atom. The van der Waals surface area contributed by atoms with Crippen molar-refractivity contribution >= 4 is 21.5 Å². The van der Waals surface area contributed by atoms with Crippen LogP contribution in [0.15, 0.2) is 36.9 Å². The summed E-state index contributed by atoms with van der Waals surface area (Å²) in [5.74, 6) is 5.01. The van der Waals surface area contributed by atoms with Crippen molar-refractivity contribution in [3.8, 4) is 11.8 Å². The third-order valence-electron chi connectivity index (χ3n) is 5.53. The molecule has 0 spiro atoms. The first-order chi connectivity index (χ1) is 15.9. The number of nitrogens with zero attached hydrogens (tertiary/aromatic N) is 4. The molecule has 1 saturated heterocycles. The Bertz CT molecular complexity index is 1470. The average molecular weight is 497 g/mol. The van der Waals surface area contributed by atoms with Crippen LogP contribution in [0.3, 0.4) is 0 Å². The lowest BCUT2D eigenvalue weighted by molar-refractivity contribution is -0.137. The van der Waals surface area contributed by atoms with Gasteiger partial charge in [-0.15, -0.1) is 0 Å². The van der Waals surface area contributed by atoms with E-state index in [-0.39, 0.29) is 22.4 Å². The van der Waals surface area contributed by atoms with Crippen LogP contribution in [0.25, 0.3) is 11.2 Å². The maximum absolute atomic E-state index is 13.2. The minimum Gasteiger partial charge on any atom is -0.385 e. The van der Waals surface area contributed by atoms with E-state index < -0.39 is 52.2 Å². The minimum absolute atomic E-state index is 0.0209. The van der Waals surface area contributed by atoms with Gasteiger partial charge < -0.3 is 14.9 Å². The minimum atomic E-state index is -4.59. The predicted molar refractivity (Wildman–Crippen MR) is 106 cm³/mol. The van der Waals surface area contributed by atoms with Crippen molar-refractivity contribution in [1.82, 2.24) is 19.5 Å². The van der Waals surface area contributed by atoms with Crippen LogP contribution in [0.4, 0.5) is 13.2 Å². The van der Waals surface area contributed by atoms with Crippen molar-refractivity contribution < 1.29 is 40.7 Å². The van der Waals surface area contributed by atoms with Gasteiger partial charge in [0.05, 0.1) is 11.9 Å². The standard InChI is InChI=1S/C19H14F3N5O6S/c20-19(21,22)10-4-2-1-3-9(10)5-6-11-12-16(25-7-24-11)27(8-26-12)17-13(28)18(29)14(32-17)15(18)33-34(23,30)31/h1-4,7-8,13-15,17,28-29H,(H2,23,30,31)/t13-,14+,15?,17+,18-/m0/s1. The van der Waals surface area contributed by atoms with E-state index in [0.717, 1.165) is 12.4 Å². The summed E-state index contributed by atoms with van der Waals surface area (Å²) in [7, 11) is -4.39. The molecule has 34 heavy (non-hydrogen) atoms. The van der Waals surface area contributed by atoms with Crippen molar-refractivity contribution in [3.05, 3.63) is 53.7 Å². The highest BCUT2D eigenvalue weighted by atomic mass is 32.2. The second-order valence-electron chi connectivity index (χ2n) is 7.63. The second-order valence-corrected chi connectivity index (χ2v) is 8.81. The van der Waals surface area contributed by atoms with Crippen LogP contribution in [0, 0.1) is 11.8 Å². The smallest absolute Gasteiger partial charge is 0.385 e. The normalized spacial score (nSPS) is 28.4. The molecule has 178 valence electrons. The number of aromatic nitrogens is 4. The largest absolute Gasteiger partial charge is 0.417 e. The van der Waals surface area contributed by atoms with E-state index in [4.69, 9.17) is 9.88 Å². The number of benzene rings is 1. The van der Waals surface area contributed by atoms with E-state index in [2.05, 4.69) is 31.0 Å². The molecule has 0 amide bonds. The van der Waals surface area contributed by atoms with Crippen molar-refractivity contribution in [2.24, 2.45) is 5.14 Å². The van der Waals surface area contributed by atoms with Crippen molar-refractivity contribution in [1.29, 1.82) is 0 Å². The number of aliphatic hydroxyl groups is 2. The third kappa shape index (κ3) is 3.60. The van der Waals surface area contributed by atoms with E-state index in [0.29, 0.717) is 0 Å². The number of alkyl halides is 3. The molecule has 1 unspecified atom stereocenters. The molecule has 11 nitrogen and oxygen atoms in total. The molecule has 5 rings (SSSR count). The quantitative estimate of drug-likeness (QED) is 0.417. The summed E-state index contributed by atoms with van der Waals surface area (Å²) in [5.41, 5.74) is -2.93. The first kappa shape index (κ1) is 22.7. The highest BCUT2D eigenvalue weighted by Crippen LogP contribution is 2.55. The third-order valence-corrected chi connectivity index (χ3v) is 6.00. The summed E-state index contributed by atoms with van der Waals surface area (Å²) in [6.45, 7) is 0. The fourth-order valence-electron chi connectivity index (χ4n) is 3.89. The number of hydrogen-bond donors (Lipinski definition) is 3. The average Bonchev–Trinajstić information content (AvgIpc) is 3.04. The van der Waals surface area contributed by atoms with Gasteiger partial charge >= 0.3 is 16.5 Å². The number of rotatable bonds is 3. The van der Waals surface area contributed by atoms with E-state index in [1.165, 1.54) is 29.1 Å². The summed E-state index contributed by atoms with van der Waals surface area (Å²) in [4.78, 5) is 12.1. The van der Waals surface area contributed by atoms with Crippen LogP contribution in [0.5, 0.6) is 0 Å². The Hall–Kier alpha value is -3.13. The fourth-order valence-corrected chi connectivity index (χ4v) is 4.43. The molecule has 5 atom stereocenters. The lowest BCUT2D eigenvalue weighted by Crippen LogP contribution is -2.38. The maximum Gasteiger partial charge on any atom is 0.417 e. The van der Waals surface area contributed by atoms with Gasteiger partial charge in [0.25, 0.3) is 0 Å². The van der Waals surface area contributed by atoms with Crippen LogP contribution in [-0.2, 0) is 25.4 Å². The van der Waals surface area contributed by atoms with Gasteiger partial charge in [0.2, 0.25) is 0 Å². The van der Waals surface area contributed by atoms with Gasteiger partial charge in [0.1, 0.15) is 35.8 Å². The monoisotopic (exact) mass is 497 g/mol. The highest BCUT2D eigenvalue weighted by molar-refractivity contribution is 7.84. The van der Waals surface area contributed by atoms with E-state index >= 15 is 0 Å². The zero-order chi connectivity index (χ0) is 24.5. The van der Waals surface area contributed by atoms with Gasteiger partial charge in [-0.2, -0.15) is 21.6 Å². The van der Waals surface area contributed by atoms with Crippen molar-refractivity contribution in [2.45, 2.75) is 36.3 Å². The van der Waals surface area contributed by atoms with Gasteiger partial charge in [-0.3, -0.25) is 4.57 Å². The van der Waals surface area contributed by atoms with Crippen LogP contribution in [0.2, 0.25) is 0 Å². The van der Waals surface area contributed by atoms with Crippen LogP contribution >= 0.6 is 0 Å². The van der Waals surface area contributed by atoms with Crippen LogP contribution in [-0.4, -0.2) is 62.1 Å². The molecule has 1 aliphatic carbocycles. The molecule has 15 heteroatoms. The summed E-state index contributed by atoms with van der Waals surface area (Å²) in [6.07, 6.45) is -7.69. The molecular weight excluding hydrogens is 483 g/mol. The summed E-state index contributed by atoms with van der Waals surface area (Å²) < 4.78 is 73.2. The SMILES string of the molecule is NS(=O)(=O)OC1[C@H]2O[C@@H](n3cnc4c(C#Cc5ccccc5C(F)(F)F)ncnc43)[C@H](O)[C@@]12O. The van der Waals surface area contributed by atoms with Crippen LogP contribution < -0.4 is 5.14 Å². The Balaban J connectivity index is 1.46. The predicted octanol–water partition coefficient (Wildman–Crippen LogP) is -0.163. The van der Waals surface area contributed by atoms with Crippen molar-refractivity contribution in [2.75, 3.05) is 0 Å². The molecule has 2 aromatic heterocycles. The Kier molecular flexibility index (Phi) is 4.95. The van der Waals surface area contributed by atoms with Crippen LogP contribution in [0.1, 0.15) is 23.0 Å². The van der Waals surface area contributed by atoms with E-state index in [1.54, 1.807) is 0 Å². The molecule has 1 saturated carbocycles. The Morgan fingerprint density at radius 3 is 2.59 bits per heavy atom. The molecule has 2 fully saturated rings. The molecule has 0 radical (unpaired) electrons. The first-order valence-electron chi connectivity index (χ1n) is 9.54. The summed E-state index contributed by atoms with van der Waals surface area (Å²) >= 11 is 0. The molecular formula is C19H14F3N5O6S. The lowest BCUT2D eigenvalue weighted by atomic mass is 10.1. The second kappa shape index (κ2) is 7.43. The number of fused-ring (bicyclic) bond motifs is 2. The highest BCUT2D eigenvalue weighted by Gasteiger charge is 2.79. The number of hydrogen-bond acceptors (Lipinski definition) is 9. The maximum atomic E-state index is 13.2. The zero-order valence-corrected chi connectivity index (χ0v) is 17.5. The number of halogens is 3. The molecule has 3 aromatic rings. The Morgan fingerprint density at radius 2 is 1.94 bits per heavy atom. The summed E-state index contributed by atoms with van der Waals surface area (Å²) in [6, 6.07) is 4.81. The molecule has 2 aliphatic rings. The molecule has 1 aromatic carbocycles. The molecule has 1 aliphatic heterocycles. The Labute approximate surface area is 189 Å². The van der Waals surface area contributed by atoms with Gasteiger partial charge in [-0.05, 0) is 18.1 Å². The summed E-state index contributed by atoms with van der Waals surface area (Å²) in [5, 5.41) is 25.9. The van der Waals surface area contributed by atoms with Gasteiger partial charge in [-0.1, -0.05) is 18.1 Å². The van der Waals surface area contributed by atoms with Crippen molar-refractivity contribution in [3.63, 3.8) is 0 Å². The number of aliphatic hydroxyl groups excluding tert-OH is 1. The van der Waals surface area contributed by atoms with Gasteiger partial charge in [-0.25, -0.2) is 24.3 Å². The fraction of sp³-hybridized carbons (Fsp3) is 0.316. The van der Waals surface area contributed by atoms with E-state index in [9.17, 15) is 31.8 Å². The number of ether oxygens (including phenoxy) is 1. The van der Waals surface area contributed by atoms with E-state index in [1.807, 2.05) is 0 Å². The molecule has 0 bridgehead atoms. The molecule has 4 N–H and O–H groups in total. The topological polar surface area (TPSA) is 163 Å². The van der Waals surface area contributed by atoms with Gasteiger partial charge in [0.15, 0.2) is 17.5 Å². The molecule has 3 heterocycles. The first-order valence-corrected chi connectivity index (χ1v) is 11.0. The lowest BCUT2D eigenvalue weighted by Gasteiger charge is -2.23. The number of nitrogens with two attached hydrogens (primary N) is 1. The van der Waals surface area contributed by atoms with Gasteiger partial charge in [0, 0.05) is 5.56 Å². The number of imidazole rings is 1.